The summed E-state index contributed by atoms with van der Waals surface area (Å²) in [5, 5.41) is 3.86. The van der Waals surface area contributed by atoms with Crippen LogP contribution in [-0.2, 0) is 4.79 Å². The lowest BCUT2D eigenvalue weighted by molar-refractivity contribution is -0.113. The maximum atomic E-state index is 12.7. The van der Waals surface area contributed by atoms with Crippen LogP contribution in [0.4, 0.5) is 5.69 Å². The summed E-state index contributed by atoms with van der Waals surface area (Å²) in [6, 6.07) is 14.5. The van der Waals surface area contributed by atoms with Crippen LogP contribution in [0.5, 0.6) is 5.75 Å². The highest BCUT2D eigenvalue weighted by Crippen LogP contribution is 2.31. The minimum Gasteiger partial charge on any atom is -0.495 e. The van der Waals surface area contributed by atoms with Gasteiger partial charge in [0.05, 0.1) is 12.8 Å². The second-order valence-corrected chi connectivity index (χ2v) is 5.68. The van der Waals surface area contributed by atoms with Gasteiger partial charge >= 0.3 is 0 Å². The minimum absolute atomic E-state index is 0.237. The third kappa shape index (κ3) is 3.06. The predicted molar refractivity (Wildman–Crippen MR) is 95.6 cm³/mol. The standard InChI is InChI=1S/C17H13ClN2O2S/c1-22-15-8-3-2-7-14(15)20-16(21)13(19-17(20)23)10-11-5-4-6-12(18)9-11/h2-10H,1H3,(H,19,23)/b13-10+. The monoisotopic (exact) mass is 344 g/mol. The zero-order chi connectivity index (χ0) is 16.4. The molecule has 6 heteroatoms. The number of methoxy groups -OCH3 is 1. The first-order chi connectivity index (χ1) is 11.1. The number of ether oxygens (including phenoxy) is 1. The van der Waals surface area contributed by atoms with Gasteiger partial charge < -0.3 is 10.1 Å². The van der Waals surface area contributed by atoms with Crippen LogP contribution in [0.3, 0.4) is 0 Å². The number of para-hydroxylation sites is 2. The lowest BCUT2D eigenvalue weighted by atomic mass is 10.2. The van der Waals surface area contributed by atoms with Crippen LogP contribution in [0.25, 0.3) is 6.08 Å². The van der Waals surface area contributed by atoms with Crippen LogP contribution in [0.2, 0.25) is 5.02 Å². The molecule has 0 aliphatic carbocycles. The van der Waals surface area contributed by atoms with E-state index in [1.54, 1.807) is 37.5 Å². The van der Waals surface area contributed by atoms with E-state index in [1.807, 2.05) is 24.3 Å². The Balaban J connectivity index is 1.97. The molecule has 1 heterocycles. The van der Waals surface area contributed by atoms with Crippen LogP contribution >= 0.6 is 23.8 Å². The second kappa shape index (κ2) is 6.40. The lowest BCUT2D eigenvalue weighted by Crippen LogP contribution is -2.30. The molecule has 0 atom stereocenters. The normalized spacial score (nSPS) is 15.9. The Morgan fingerprint density at radius 2 is 2.00 bits per heavy atom. The van der Waals surface area contributed by atoms with Crippen molar-refractivity contribution < 1.29 is 9.53 Å². The Bertz CT molecular complexity index is 820. The topological polar surface area (TPSA) is 41.6 Å². The van der Waals surface area contributed by atoms with Gasteiger partial charge in [-0.15, -0.1) is 0 Å². The van der Waals surface area contributed by atoms with Crippen molar-refractivity contribution in [3.63, 3.8) is 0 Å². The average Bonchev–Trinajstić information content (AvgIpc) is 2.81. The summed E-state index contributed by atoms with van der Waals surface area (Å²) in [4.78, 5) is 14.1. The van der Waals surface area contributed by atoms with E-state index in [-0.39, 0.29) is 5.91 Å². The highest BCUT2D eigenvalue weighted by molar-refractivity contribution is 7.80. The first-order valence-electron chi connectivity index (χ1n) is 6.86. The number of nitrogens with zero attached hydrogens (tertiary/aromatic N) is 1. The lowest BCUT2D eigenvalue weighted by Gasteiger charge is -2.17. The van der Waals surface area contributed by atoms with Gasteiger partial charge in [-0.25, -0.2) is 4.90 Å². The number of carbonyl (C=O) groups excluding carboxylic acids is 1. The molecule has 23 heavy (non-hydrogen) atoms. The number of hydrogen-bond acceptors (Lipinski definition) is 3. The van der Waals surface area contributed by atoms with Gasteiger partial charge in [0.25, 0.3) is 5.91 Å². The number of thiocarbonyl (C=S) groups is 1. The molecule has 1 aliphatic rings. The van der Waals surface area contributed by atoms with Gasteiger partial charge in [-0.2, -0.15) is 0 Å². The molecule has 1 N–H and O–H groups in total. The number of anilines is 1. The summed E-state index contributed by atoms with van der Waals surface area (Å²) in [5.41, 5.74) is 1.81. The van der Waals surface area contributed by atoms with Gasteiger partial charge in [-0.05, 0) is 48.1 Å². The van der Waals surface area contributed by atoms with Crippen molar-refractivity contribution in [3.05, 3.63) is 64.8 Å². The maximum absolute atomic E-state index is 12.7. The SMILES string of the molecule is COc1ccccc1N1C(=O)/C(=C\c2cccc(Cl)c2)NC1=S. The van der Waals surface area contributed by atoms with Crippen molar-refractivity contribution in [2.45, 2.75) is 0 Å². The fourth-order valence-electron chi connectivity index (χ4n) is 2.33. The summed E-state index contributed by atoms with van der Waals surface area (Å²) in [5.74, 6) is 0.341. The van der Waals surface area contributed by atoms with Crippen LogP contribution < -0.4 is 15.0 Å². The van der Waals surface area contributed by atoms with Crippen molar-refractivity contribution >= 4 is 46.6 Å². The van der Waals surface area contributed by atoms with Gasteiger partial charge in [0.15, 0.2) is 5.11 Å². The molecule has 2 aromatic rings. The zero-order valence-corrected chi connectivity index (χ0v) is 13.8. The number of amides is 1. The van der Waals surface area contributed by atoms with Crippen molar-refractivity contribution in [1.29, 1.82) is 0 Å². The first kappa shape index (κ1) is 15.5. The van der Waals surface area contributed by atoms with Crippen LogP contribution in [0.15, 0.2) is 54.2 Å². The van der Waals surface area contributed by atoms with Gasteiger partial charge in [0, 0.05) is 5.02 Å². The van der Waals surface area contributed by atoms with E-state index in [9.17, 15) is 4.79 Å². The molecule has 3 rings (SSSR count). The van der Waals surface area contributed by atoms with Crippen molar-refractivity contribution in [1.82, 2.24) is 5.32 Å². The number of carbonyl (C=O) groups is 1. The van der Waals surface area contributed by atoms with E-state index in [0.29, 0.717) is 27.3 Å². The predicted octanol–water partition coefficient (Wildman–Crippen LogP) is 3.61. The molecule has 1 amide bonds. The molecule has 0 spiro atoms. The second-order valence-electron chi connectivity index (χ2n) is 4.86. The van der Waals surface area contributed by atoms with Gasteiger partial charge in [0.1, 0.15) is 11.4 Å². The van der Waals surface area contributed by atoms with Crippen LogP contribution in [0.1, 0.15) is 5.56 Å². The average molecular weight is 345 g/mol. The van der Waals surface area contributed by atoms with Gasteiger partial charge in [0.2, 0.25) is 0 Å². The summed E-state index contributed by atoms with van der Waals surface area (Å²) in [6.45, 7) is 0. The van der Waals surface area contributed by atoms with Crippen molar-refractivity contribution in [2.75, 3.05) is 12.0 Å². The molecule has 0 aromatic heterocycles. The van der Waals surface area contributed by atoms with Crippen molar-refractivity contribution in [2.24, 2.45) is 0 Å². The molecule has 1 fully saturated rings. The van der Waals surface area contributed by atoms with E-state index < -0.39 is 0 Å². The van der Waals surface area contributed by atoms with E-state index >= 15 is 0 Å². The number of nitrogens with one attached hydrogen (secondary N) is 1. The summed E-state index contributed by atoms with van der Waals surface area (Å²) < 4.78 is 5.31. The highest BCUT2D eigenvalue weighted by Gasteiger charge is 2.33. The largest absolute Gasteiger partial charge is 0.495 e. The van der Waals surface area contributed by atoms with E-state index in [2.05, 4.69) is 5.32 Å². The molecular formula is C17H13ClN2O2S. The van der Waals surface area contributed by atoms with E-state index in [0.717, 1.165) is 5.56 Å². The third-order valence-corrected chi connectivity index (χ3v) is 3.88. The quantitative estimate of drug-likeness (QED) is 0.682. The Morgan fingerprint density at radius 3 is 2.74 bits per heavy atom. The van der Waals surface area contributed by atoms with E-state index in [1.165, 1.54) is 4.90 Å². The molecule has 1 aliphatic heterocycles. The molecule has 0 unspecified atom stereocenters. The Hall–Kier alpha value is -2.37. The minimum atomic E-state index is -0.237. The fourth-order valence-corrected chi connectivity index (χ4v) is 2.82. The zero-order valence-electron chi connectivity index (χ0n) is 12.2. The molecular weight excluding hydrogens is 332 g/mol. The molecule has 116 valence electrons. The molecule has 0 radical (unpaired) electrons. The third-order valence-electron chi connectivity index (χ3n) is 3.36. The Morgan fingerprint density at radius 1 is 1.22 bits per heavy atom. The number of benzene rings is 2. The van der Waals surface area contributed by atoms with E-state index in [4.69, 9.17) is 28.6 Å². The molecule has 4 nitrogen and oxygen atoms in total. The summed E-state index contributed by atoms with van der Waals surface area (Å²) >= 11 is 11.3. The van der Waals surface area contributed by atoms with Gasteiger partial charge in [-0.1, -0.05) is 35.9 Å². The first-order valence-corrected chi connectivity index (χ1v) is 7.64. The Kier molecular flexibility index (Phi) is 4.32. The number of hydrogen-bond donors (Lipinski definition) is 1. The molecule has 0 saturated carbocycles. The summed E-state index contributed by atoms with van der Waals surface area (Å²) in [7, 11) is 1.55. The van der Waals surface area contributed by atoms with Crippen molar-refractivity contribution in [3.8, 4) is 5.75 Å². The maximum Gasteiger partial charge on any atom is 0.281 e. The molecule has 2 aromatic carbocycles. The summed E-state index contributed by atoms with van der Waals surface area (Å²) in [6.07, 6.45) is 1.72. The van der Waals surface area contributed by atoms with Gasteiger partial charge in [-0.3, -0.25) is 4.79 Å². The number of halogens is 1. The van der Waals surface area contributed by atoms with Crippen LogP contribution in [-0.4, -0.2) is 18.1 Å². The Labute approximate surface area is 144 Å². The smallest absolute Gasteiger partial charge is 0.281 e. The highest BCUT2D eigenvalue weighted by atomic mass is 35.5. The fraction of sp³-hybridized carbons (Fsp3) is 0.0588. The molecule has 0 bridgehead atoms. The molecule has 1 saturated heterocycles. The number of rotatable bonds is 3. The van der Waals surface area contributed by atoms with Crippen LogP contribution in [0, 0.1) is 0 Å².